The number of hydrogen-bond acceptors (Lipinski definition) is 3. The Kier molecular flexibility index (Phi) is 4.47. The Labute approximate surface area is 107 Å². The molecule has 0 aromatic heterocycles. The molecule has 1 aromatic carbocycles. The first-order valence-electron chi connectivity index (χ1n) is 5.26. The van der Waals surface area contributed by atoms with Crippen LogP contribution in [0.5, 0.6) is 0 Å². The third kappa shape index (κ3) is 3.67. The number of hydrogen-bond donors (Lipinski definition) is 2. The van der Waals surface area contributed by atoms with Crippen molar-refractivity contribution in [1.29, 1.82) is 0 Å². The summed E-state index contributed by atoms with van der Waals surface area (Å²) >= 11 is 4.69. The molecule has 0 radical (unpaired) electrons. The number of benzene rings is 1. The van der Waals surface area contributed by atoms with E-state index in [1.165, 1.54) is 6.92 Å². The predicted octanol–water partition coefficient (Wildman–Crippen LogP) is 1.67. The van der Waals surface area contributed by atoms with Crippen LogP contribution in [0.15, 0.2) is 24.3 Å². The van der Waals surface area contributed by atoms with Crippen molar-refractivity contribution >= 4 is 32.9 Å². The summed E-state index contributed by atoms with van der Waals surface area (Å²) in [6.07, 6.45) is 0.848. The van der Waals surface area contributed by atoms with Gasteiger partial charge in [-0.2, -0.15) is 0 Å². The highest BCUT2D eigenvalue weighted by molar-refractivity contribution is 7.95. The van der Waals surface area contributed by atoms with Crippen molar-refractivity contribution in [3.8, 4) is 0 Å². The fourth-order valence-corrected chi connectivity index (χ4v) is 2.58. The molecule has 0 aliphatic rings. The summed E-state index contributed by atoms with van der Waals surface area (Å²) in [5, 5.41) is -0.886. The summed E-state index contributed by atoms with van der Waals surface area (Å²) < 4.78 is 26.2. The van der Waals surface area contributed by atoms with Gasteiger partial charge in [0.15, 0.2) is 0 Å². The van der Waals surface area contributed by atoms with Gasteiger partial charge in [-0.15, -0.1) is 0 Å². The van der Waals surface area contributed by atoms with Gasteiger partial charge in [0.05, 0.1) is 4.99 Å². The zero-order valence-electron chi connectivity index (χ0n) is 9.80. The Balaban J connectivity index is 2.94. The maximum absolute atomic E-state index is 11.9. The molecule has 1 aromatic rings. The summed E-state index contributed by atoms with van der Waals surface area (Å²) in [7, 11) is -3.55. The summed E-state index contributed by atoms with van der Waals surface area (Å²) in [4.78, 5) is -0.0378. The lowest BCUT2D eigenvalue weighted by Crippen LogP contribution is -2.35. The number of aryl methyl sites for hydroxylation is 1. The minimum absolute atomic E-state index is 0.0378. The molecule has 0 saturated carbocycles. The van der Waals surface area contributed by atoms with Crippen molar-refractivity contribution in [3.63, 3.8) is 0 Å². The molecule has 0 aliphatic heterocycles. The second-order valence-corrected chi connectivity index (χ2v) is 6.22. The van der Waals surface area contributed by atoms with Gasteiger partial charge in [-0.3, -0.25) is 4.72 Å². The second kappa shape index (κ2) is 5.46. The largest absolute Gasteiger partial charge is 0.392 e. The summed E-state index contributed by atoms with van der Waals surface area (Å²) in [6, 6.07) is 7.24. The number of nitrogens with two attached hydrogens (primary N) is 1. The van der Waals surface area contributed by atoms with Crippen LogP contribution in [0, 0.1) is 0 Å². The number of thiocarbonyl (C=S) groups is 1. The molecule has 6 heteroatoms. The zero-order chi connectivity index (χ0) is 13.1. The van der Waals surface area contributed by atoms with Gasteiger partial charge < -0.3 is 5.73 Å². The SMILES string of the molecule is CCc1cccc(NS(=O)(=O)C(C)C(N)=S)c1. The van der Waals surface area contributed by atoms with Crippen LogP contribution in [0.2, 0.25) is 0 Å². The summed E-state index contributed by atoms with van der Waals surface area (Å²) in [6.45, 7) is 3.47. The van der Waals surface area contributed by atoms with E-state index in [-0.39, 0.29) is 4.99 Å². The predicted molar refractivity (Wildman–Crippen MR) is 74.6 cm³/mol. The van der Waals surface area contributed by atoms with E-state index in [4.69, 9.17) is 5.73 Å². The lowest BCUT2D eigenvalue weighted by molar-refractivity contribution is 0.598. The molecule has 1 atom stereocenters. The second-order valence-electron chi connectivity index (χ2n) is 3.75. The van der Waals surface area contributed by atoms with Crippen molar-refractivity contribution in [1.82, 2.24) is 0 Å². The highest BCUT2D eigenvalue weighted by Crippen LogP contribution is 2.14. The highest BCUT2D eigenvalue weighted by Gasteiger charge is 2.23. The van der Waals surface area contributed by atoms with Crippen LogP contribution in [0.3, 0.4) is 0 Å². The van der Waals surface area contributed by atoms with Gasteiger partial charge >= 0.3 is 0 Å². The van der Waals surface area contributed by atoms with E-state index in [0.717, 1.165) is 12.0 Å². The molecular weight excluding hydrogens is 256 g/mol. The molecule has 4 nitrogen and oxygen atoms in total. The molecule has 1 unspecified atom stereocenters. The van der Waals surface area contributed by atoms with Crippen molar-refractivity contribution in [2.24, 2.45) is 5.73 Å². The van der Waals surface area contributed by atoms with Crippen molar-refractivity contribution in [2.75, 3.05) is 4.72 Å². The van der Waals surface area contributed by atoms with Crippen LogP contribution in [-0.2, 0) is 16.4 Å². The molecule has 0 saturated heterocycles. The van der Waals surface area contributed by atoms with Crippen LogP contribution in [0.1, 0.15) is 19.4 Å². The topological polar surface area (TPSA) is 72.2 Å². The molecule has 0 amide bonds. The van der Waals surface area contributed by atoms with E-state index in [2.05, 4.69) is 16.9 Å². The standard InChI is InChI=1S/C11H16N2O2S2/c1-3-9-5-4-6-10(7-9)13-17(14,15)8(2)11(12)16/h4-8,13H,3H2,1-2H3,(H2,12,16). The van der Waals surface area contributed by atoms with Crippen LogP contribution in [0.4, 0.5) is 5.69 Å². The van der Waals surface area contributed by atoms with E-state index < -0.39 is 15.3 Å². The molecule has 94 valence electrons. The van der Waals surface area contributed by atoms with Gasteiger partial charge in [0.1, 0.15) is 5.25 Å². The zero-order valence-corrected chi connectivity index (χ0v) is 11.4. The number of anilines is 1. The fraction of sp³-hybridized carbons (Fsp3) is 0.364. The highest BCUT2D eigenvalue weighted by atomic mass is 32.2. The van der Waals surface area contributed by atoms with E-state index >= 15 is 0 Å². The molecule has 1 rings (SSSR count). The van der Waals surface area contributed by atoms with Crippen molar-refractivity contribution in [3.05, 3.63) is 29.8 Å². The van der Waals surface area contributed by atoms with Crippen LogP contribution < -0.4 is 10.5 Å². The van der Waals surface area contributed by atoms with Crippen LogP contribution in [-0.4, -0.2) is 18.7 Å². The maximum atomic E-state index is 11.9. The Morgan fingerprint density at radius 3 is 2.71 bits per heavy atom. The lowest BCUT2D eigenvalue weighted by atomic mass is 10.1. The van der Waals surface area contributed by atoms with Gasteiger partial charge in [-0.1, -0.05) is 31.3 Å². The van der Waals surface area contributed by atoms with Crippen molar-refractivity contribution < 1.29 is 8.42 Å². The molecular formula is C11H16N2O2S2. The Morgan fingerprint density at radius 2 is 2.18 bits per heavy atom. The van der Waals surface area contributed by atoms with Crippen molar-refractivity contribution in [2.45, 2.75) is 25.5 Å². The van der Waals surface area contributed by atoms with Gasteiger partial charge in [0.25, 0.3) is 0 Å². The molecule has 0 spiro atoms. The Morgan fingerprint density at radius 1 is 1.53 bits per heavy atom. The van der Waals surface area contributed by atoms with Gasteiger partial charge in [0, 0.05) is 5.69 Å². The van der Waals surface area contributed by atoms with E-state index in [1.54, 1.807) is 12.1 Å². The van der Waals surface area contributed by atoms with Gasteiger partial charge in [-0.25, -0.2) is 8.42 Å². The van der Waals surface area contributed by atoms with Gasteiger partial charge in [-0.05, 0) is 31.0 Å². The molecule has 0 bridgehead atoms. The number of nitrogens with one attached hydrogen (secondary N) is 1. The first-order chi connectivity index (χ1) is 7.86. The van der Waals surface area contributed by atoms with Crippen LogP contribution >= 0.6 is 12.2 Å². The first kappa shape index (κ1) is 13.9. The minimum atomic E-state index is -3.55. The molecule has 17 heavy (non-hydrogen) atoms. The monoisotopic (exact) mass is 272 g/mol. The average Bonchev–Trinajstić information content (AvgIpc) is 2.27. The quantitative estimate of drug-likeness (QED) is 0.800. The third-order valence-electron chi connectivity index (χ3n) is 2.46. The van der Waals surface area contributed by atoms with E-state index in [9.17, 15) is 8.42 Å². The Bertz CT molecular complexity index is 512. The summed E-state index contributed by atoms with van der Waals surface area (Å²) in [5.41, 5.74) is 6.94. The van der Waals surface area contributed by atoms with E-state index in [1.807, 2.05) is 19.1 Å². The first-order valence-corrected chi connectivity index (χ1v) is 7.22. The summed E-state index contributed by atoms with van der Waals surface area (Å²) in [5.74, 6) is 0. The minimum Gasteiger partial charge on any atom is -0.392 e. The van der Waals surface area contributed by atoms with Gasteiger partial charge in [0.2, 0.25) is 10.0 Å². The Hall–Kier alpha value is -1.14. The average molecular weight is 272 g/mol. The molecule has 3 N–H and O–H groups in total. The number of sulfonamides is 1. The van der Waals surface area contributed by atoms with E-state index in [0.29, 0.717) is 5.69 Å². The maximum Gasteiger partial charge on any atom is 0.241 e. The van der Waals surface area contributed by atoms with Crippen LogP contribution in [0.25, 0.3) is 0 Å². The molecule has 0 aliphatic carbocycles. The lowest BCUT2D eigenvalue weighted by Gasteiger charge is -2.13. The molecule has 0 heterocycles. The smallest absolute Gasteiger partial charge is 0.241 e. The fourth-order valence-electron chi connectivity index (χ4n) is 1.26. The third-order valence-corrected chi connectivity index (χ3v) is 4.67. The molecule has 0 fully saturated rings. The number of rotatable bonds is 5. The normalized spacial score (nSPS) is 13.1.